The molecular formula is C25H31N3O4Si. The number of carbonyl (C=O) groups excluding carboxylic acids is 2. The van der Waals surface area contributed by atoms with E-state index in [2.05, 4.69) is 25.0 Å². The van der Waals surface area contributed by atoms with Gasteiger partial charge in [0, 0.05) is 49.2 Å². The zero-order chi connectivity index (χ0) is 23.6. The zero-order valence-electron chi connectivity index (χ0n) is 19.6. The lowest BCUT2D eigenvalue weighted by molar-refractivity contribution is -0.119. The largest absolute Gasteiger partial charge is 0.496 e. The number of aldehydes is 1. The molecule has 174 valence electrons. The average molecular weight is 466 g/mol. The van der Waals surface area contributed by atoms with Crippen molar-refractivity contribution >= 4 is 37.1 Å². The third-order valence-electron chi connectivity index (χ3n) is 5.95. The van der Waals surface area contributed by atoms with Crippen LogP contribution in [0, 0.1) is 11.8 Å². The number of aromatic nitrogens is 2. The van der Waals surface area contributed by atoms with Crippen molar-refractivity contribution in [2.24, 2.45) is 11.8 Å². The van der Waals surface area contributed by atoms with Gasteiger partial charge in [-0.25, -0.2) is 4.98 Å². The Balaban J connectivity index is 1.65. The second-order valence-electron chi connectivity index (χ2n) is 9.76. The van der Waals surface area contributed by atoms with Crippen molar-refractivity contribution in [3.05, 3.63) is 42.6 Å². The van der Waals surface area contributed by atoms with Crippen molar-refractivity contribution in [2.75, 3.05) is 19.0 Å². The number of fused-ring (bicyclic) bond motifs is 1. The summed E-state index contributed by atoms with van der Waals surface area (Å²) in [6.07, 6.45) is 3.49. The number of ether oxygens (including phenoxy) is 2. The third-order valence-corrected chi connectivity index (χ3v) is 7.65. The predicted octanol–water partition coefficient (Wildman–Crippen LogP) is 4.80. The number of nitrogens with zero attached hydrogens (tertiary/aromatic N) is 2. The van der Waals surface area contributed by atoms with E-state index in [4.69, 9.17) is 14.5 Å². The van der Waals surface area contributed by atoms with Gasteiger partial charge in [0.15, 0.2) is 0 Å². The summed E-state index contributed by atoms with van der Waals surface area (Å²) >= 11 is 0. The van der Waals surface area contributed by atoms with Gasteiger partial charge < -0.3 is 24.2 Å². The monoisotopic (exact) mass is 465 g/mol. The quantitative estimate of drug-likeness (QED) is 0.264. The minimum atomic E-state index is -1.19. The van der Waals surface area contributed by atoms with Gasteiger partial charge >= 0.3 is 0 Å². The summed E-state index contributed by atoms with van der Waals surface area (Å²) in [7, 11) is 0.472. The van der Waals surface area contributed by atoms with Crippen LogP contribution in [-0.4, -0.2) is 43.5 Å². The minimum Gasteiger partial charge on any atom is -0.496 e. The molecule has 8 heteroatoms. The van der Waals surface area contributed by atoms with Crippen LogP contribution < -0.4 is 10.1 Å². The summed E-state index contributed by atoms with van der Waals surface area (Å²) in [5.41, 5.74) is 2.69. The highest BCUT2D eigenvalue weighted by Gasteiger charge is 2.42. The number of rotatable bonds is 10. The van der Waals surface area contributed by atoms with Gasteiger partial charge in [-0.05, 0) is 30.7 Å². The predicted molar refractivity (Wildman–Crippen MR) is 132 cm³/mol. The Labute approximate surface area is 195 Å². The molecule has 7 nitrogen and oxygen atoms in total. The number of hydrogen-bond donors (Lipinski definition) is 1. The standard InChI is InChI=1S/C25H31N3O4Si/c1-31-22-8-6-5-7-18(22)21-14-28(16-32-11-12-33(2,3)4)24-19(21)9-10-23(26-24)27-25(30)20-13-17(20)15-29/h5-10,14-15,17,20H,11-13,16H2,1-4H3,(H,26,27,30)/t17-,20-/m1/s1. The van der Waals surface area contributed by atoms with Crippen LogP contribution in [0.3, 0.4) is 0 Å². The lowest BCUT2D eigenvalue weighted by atomic mass is 10.0. The first-order chi connectivity index (χ1) is 15.8. The van der Waals surface area contributed by atoms with Crippen molar-refractivity contribution in [3.63, 3.8) is 0 Å². The van der Waals surface area contributed by atoms with Crippen LogP contribution in [0.4, 0.5) is 5.82 Å². The average Bonchev–Trinajstić information content (AvgIpc) is 3.51. The number of hydrogen-bond acceptors (Lipinski definition) is 5. The summed E-state index contributed by atoms with van der Waals surface area (Å²) in [6.45, 7) is 8.05. The van der Waals surface area contributed by atoms with Crippen LogP contribution in [-0.2, 0) is 21.1 Å². The molecule has 1 aliphatic rings. The van der Waals surface area contributed by atoms with Gasteiger partial charge in [-0.15, -0.1) is 0 Å². The number of para-hydroxylation sites is 1. The molecule has 1 amide bonds. The van der Waals surface area contributed by atoms with E-state index in [-0.39, 0.29) is 17.7 Å². The van der Waals surface area contributed by atoms with E-state index in [0.29, 0.717) is 25.6 Å². The molecule has 0 aliphatic heterocycles. The molecule has 4 rings (SSSR count). The highest BCUT2D eigenvalue weighted by molar-refractivity contribution is 6.76. The van der Waals surface area contributed by atoms with E-state index in [0.717, 1.165) is 40.2 Å². The molecule has 1 saturated carbocycles. The fourth-order valence-electron chi connectivity index (χ4n) is 3.84. The number of amides is 1. The molecule has 2 aromatic heterocycles. The maximum atomic E-state index is 12.4. The van der Waals surface area contributed by atoms with Gasteiger partial charge in [-0.3, -0.25) is 4.79 Å². The van der Waals surface area contributed by atoms with Crippen molar-refractivity contribution in [1.82, 2.24) is 9.55 Å². The minimum absolute atomic E-state index is 0.159. The first-order valence-corrected chi connectivity index (χ1v) is 15.0. The summed E-state index contributed by atoms with van der Waals surface area (Å²) in [5, 5.41) is 3.81. The Hall–Kier alpha value is -2.97. The molecule has 1 fully saturated rings. The van der Waals surface area contributed by atoms with Crippen molar-refractivity contribution in [3.8, 4) is 16.9 Å². The first kappa shape index (κ1) is 23.2. The molecule has 0 saturated heterocycles. The van der Waals surface area contributed by atoms with E-state index in [1.165, 1.54) is 0 Å². The van der Waals surface area contributed by atoms with Crippen molar-refractivity contribution < 1.29 is 19.1 Å². The zero-order valence-corrected chi connectivity index (χ0v) is 20.6. The SMILES string of the molecule is COc1ccccc1-c1cn(COCC[Si](C)(C)C)c2nc(NC(=O)[C@@H]3C[C@@H]3C=O)ccc12. The van der Waals surface area contributed by atoms with E-state index < -0.39 is 8.07 Å². The van der Waals surface area contributed by atoms with Crippen LogP contribution in [0.2, 0.25) is 25.7 Å². The third kappa shape index (κ3) is 5.34. The molecule has 33 heavy (non-hydrogen) atoms. The molecule has 0 spiro atoms. The lowest BCUT2D eigenvalue weighted by Crippen LogP contribution is -2.22. The summed E-state index contributed by atoms with van der Waals surface area (Å²) < 4.78 is 13.6. The van der Waals surface area contributed by atoms with Gasteiger partial charge in [0.05, 0.1) is 7.11 Å². The number of anilines is 1. The number of methoxy groups -OCH3 is 1. The lowest BCUT2D eigenvalue weighted by Gasteiger charge is -2.15. The number of carbonyl (C=O) groups is 2. The van der Waals surface area contributed by atoms with Crippen LogP contribution in [0.1, 0.15) is 6.42 Å². The molecule has 1 N–H and O–H groups in total. The maximum absolute atomic E-state index is 12.4. The first-order valence-electron chi connectivity index (χ1n) is 11.3. The maximum Gasteiger partial charge on any atom is 0.229 e. The second kappa shape index (κ2) is 9.49. The Morgan fingerprint density at radius 3 is 2.70 bits per heavy atom. The number of nitrogens with one attached hydrogen (secondary N) is 1. The van der Waals surface area contributed by atoms with E-state index >= 15 is 0 Å². The van der Waals surface area contributed by atoms with Crippen LogP contribution in [0.15, 0.2) is 42.6 Å². The summed E-state index contributed by atoms with van der Waals surface area (Å²) in [5.74, 6) is 0.669. The van der Waals surface area contributed by atoms with Gasteiger partial charge in [0.25, 0.3) is 0 Å². The van der Waals surface area contributed by atoms with Crippen molar-refractivity contribution in [2.45, 2.75) is 38.8 Å². The number of benzene rings is 1. The summed E-state index contributed by atoms with van der Waals surface area (Å²) in [4.78, 5) is 28.1. The Kier molecular flexibility index (Phi) is 6.67. The normalized spacial score (nSPS) is 17.7. The highest BCUT2D eigenvalue weighted by atomic mass is 28.3. The number of pyridine rings is 1. The van der Waals surface area contributed by atoms with Gasteiger partial charge in [0.1, 0.15) is 30.2 Å². The molecule has 0 unspecified atom stereocenters. The molecule has 1 aromatic carbocycles. The van der Waals surface area contributed by atoms with E-state index in [1.807, 2.05) is 41.1 Å². The summed E-state index contributed by atoms with van der Waals surface area (Å²) in [6, 6.07) is 12.7. The van der Waals surface area contributed by atoms with Crippen LogP contribution in [0.5, 0.6) is 5.75 Å². The molecule has 2 atom stereocenters. The van der Waals surface area contributed by atoms with Crippen molar-refractivity contribution in [1.29, 1.82) is 0 Å². The van der Waals surface area contributed by atoms with Crippen LogP contribution >= 0.6 is 0 Å². The smallest absolute Gasteiger partial charge is 0.229 e. The molecule has 2 heterocycles. The highest BCUT2D eigenvalue weighted by Crippen LogP contribution is 2.38. The fraction of sp³-hybridized carbons (Fsp3) is 0.400. The second-order valence-corrected chi connectivity index (χ2v) is 15.4. The van der Waals surface area contributed by atoms with E-state index in [1.54, 1.807) is 13.2 Å². The fourth-order valence-corrected chi connectivity index (χ4v) is 4.60. The molecule has 0 radical (unpaired) electrons. The van der Waals surface area contributed by atoms with E-state index in [9.17, 15) is 9.59 Å². The Morgan fingerprint density at radius 2 is 2.00 bits per heavy atom. The Morgan fingerprint density at radius 1 is 1.21 bits per heavy atom. The molecule has 3 aromatic rings. The molecule has 0 bridgehead atoms. The van der Waals surface area contributed by atoms with Gasteiger partial charge in [-0.1, -0.05) is 37.8 Å². The Bertz CT molecular complexity index is 1170. The molecular weight excluding hydrogens is 434 g/mol. The van der Waals surface area contributed by atoms with Gasteiger partial charge in [-0.2, -0.15) is 0 Å². The molecule has 1 aliphatic carbocycles. The van der Waals surface area contributed by atoms with Gasteiger partial charge in [0.2, 0.25) is 5.91 Å². The van der Waals surface area contributed by atoms with Crippen LogP contribution in [0.25, 0.3) is 22.2 Å². The topological polar surface area (TPSA) is 82.4 Å².